The molecule has 0 atom stereocenters. The van der Waals surface area contributed by atoms with Crippen molar-refractivity contribution < 1.29 is 14.0 Å². The second-order valence-corrected chi connectivity index (χ2v) is 9.43. The molecular formula is C26H30FN3O2S. The smallest absolute Gasteiger partial charge is 0.322 e. The van der Waals surface area contributed by atoms with Gasteiger partial charge in [0.15, 0.2) is 0 Å². The topological polar surface area (TPSA) is 52.7 Å². The lowest BCUT2D eigenvalue weighted by Gasteiger charge is -2.30. The average Bonchev–Trinajstić information content (AvgIpc) is 3.17. The quantitative estimate of drug-likeness (QED) is 0.443. The predicted molar refractivity (Wildman–Crippen MR) is 132 cm³/mol. The molecule has 7 heteroatoms. The number of thiophene rings is 1. The highest BCUT2D eigenvalue weighted by Gasteiger charge is 2.24. The number of carbonyl (C=O) groups excluding carboxylic acids is 2. The summed E-state index contributed by atoms with van der Waals surface area (Å²) in [6.07, 6.45) is 0. The normalized spacial score (nSPS) is 10.8. The number of urea groups is 1. The van der Waals surface area contributed by atoms with E-state index in [0.717, 1.165) is 21.6 Å². The minimum absolute atomic E-state index is 0.0546. The number of carbonyl (C=O) groups is 2. The summed E-state index contributed by atoms with van der Waals surface area (Å²) in [5.74, 6) is -0.482. The number of benzene rings is 2. The molecule has 3 aromatic rings. The van der Waals surface area contributed by atoms with Gasteiger partial charge in [-0.15, -0.1) is 11.3 Å². The van der Waals surface area contributed by atoms with Crippen molar-refractivity contribution in [1.82, 2.24) is 9.80 Å². The van der Waals surface area contributed by atoms with E-state index in [1.807, 2.05) is 63.4 Å². The highest BCUT2D eigenvalue weighted by atomic mass is 32.1. The van der Waals surface area contributed by atoms with E-state index in [-0.39, 0.29) is 30.3 Å². The summed E-state index contributed by atoms with van der Waals surface area (Å²) in [7, 11) is 0. The van der Waals surface area contributed by atoms with Gasteiger partial charge < -0.3 is 15.1 Å². The second kappa shape index (κ2) is 11.1. The summed E-state index contributed by atoms with van der Waals surface area (Å²) in [5.41, 5.74) is 3.68. The summed E-state index contributed by atoms with van der Waals surface area (Å²) in [6, 6.07) is 15.2. The lowest BCUT2D eigenvalue weighted by molar-refractivity contribution is -0.133. The van der Waals surface area contributed by atoms with Crippen molar-refractivity contribution >= 4 is 29.0 Å². The Morgan fingerprint density at radius 3 is 2.36 bits per heavy atom. The minimum atomic E-state index is -0.321. The molecule has 0 aliphatic carbocycles. The van der Waals surface area contributed by atoms with E-state index in [9.17, 15) is 14.0 Å². The summed E-state index contributed by atoms with van der Waals surface area (Å²) >= 11 is 1.60. The lowest BCUT2D eigenvalue weighted by Crippen LogP contribution is -2.47. The minimum Gasteiger partial charge on any atom is -0.332 e. The first-order chi connectivity index (χ1) is 15.7. The maximum atomic E-state index is 13.4. The number of nitrogens with zero attached hydrogens (tertiary/aromatic N) is 2. The third-order valence-electron chi connectivity index (χ3n) is 5.40. The number of hydrogen-bond donors (Lipinski definition) is 1. The van der Waals surface area contributed by atoms with Gasteiger partial charge in [-0.3, -0.25) is 4.79 Å². The highest BCUT2D eigenvalue weighted by molar-refractivity contribution is 7.10. The maximum absolute atomic E-state index is 13.4. The Morgan fingerprint density at radius 1 is 1.03 bits per heavy atom. The van der Waals surface area contributed by atoms with Crippen LogP contribution in [0, 0.1) is 19.7 Å². The summed E-state index contributed by atoms with van der Waals surface area (Å²) in [4.78, 5) is 30.8. The molecule has 0 aliphatic rings. The molecule has 3 rings (SSSR count). The second-order valence-electron chi connectivity index (χ2n) is 8.42. The zero-order valence-electron chi connectivity index (χ0n) is 19.5. The predicted octanol–water partition coefficient (Wildman–Crippen LogP) is 5.98. The fourth-order valence-electron chi connectivity index (χ4n) is 3.43. The molecule has 3 amide bonds. The van der Waals surface area contributed by atoms with Crippen LogP contribution < -0.4 is 5.32 Å². The monoisotopic (exact) mass is 467 g/mol. The van der Waals surface area contributed by atoms with Crippen LogP contribution >= 0.6 is 11.3 Å². The van der Waals surface area contributed by atoms with Gasteiger partial charge in [0.25, 0.3) is 0 Å². The zero-order chi connectivity index (χ0) is 24.0. The standard InChI is InChI=1S/C26H30FN3O2S/c1-18(2)30(26(32)28-23-7-5-6-19(3)14-23)17-25(31)29(16-24-20(4)12-13-33-24)15-21-8-10-22(27)11-9-21/h5-14,18H,15-17H2,1-4H3,(H,28,32). The van der Waals surface area contributed by atoms with E-state index in [1.165, 1.54) is 17.0 Å². The van der Waals surface area contributed by atoms with E-state index in [2.05, 4.69) is 5.32 Å². The van der Waals surface area contributed by atoms with Gasteiger partial charge in [0, 0.05) is 23.2 Å². The SMILES string of the molecule is Cc1cccc(NC(=O)N(CC(=O)N(Cc2ccc(F)cc2)Cc2sccc2C)C(C)C)c1. The molecule has 0 unspecified atom stereocenters. The number of anilines is 1. The van der Waals surface area contributed by atoms with Gasteiger partial charge in [-0.1, -0.05) is 24.3 Å². The van der Waals surface area contributed by atoms with Crippen molar-refractivity contribution in [2.24, 2.45) is 0 Å². The number of hydrogen-bond acceptors (Lipinski definition) is 3. The van der Waals surface area contributed by atoms with Crippen molar-refractivity contribution in [2.45, 2.75) is 46.8 Å². The van der Waals surface area contributed by atoms with Gasteiger partial charge in [0.05, 0.1) is 6.54 Å². The molecule has 33 heavy (non-hydrogen) atoms. The van der Waals surface area contributed by atoms with Crippen LogP contribution in [0.3, 0.4) is 0 Å². The van der Waals surface area contributed by atoms with Crippen LogP contribution in [0.4, 0.5) is 14.9 Å². The Bertz CT molecular complexity index is 1090. The molecule has 174 valence electrons. The molecule has 2 aromatic carbocycles. The molecule has 1 heterocycles. The molecule has 0 saturated heterocycles. The molecule has 0 saturated carbocycles. The van der Waals surface area contributed by atoms with Crippen molar-refractivity contribution in [1.29, 1.82) is 0 Å². The van der Waals surface area contributed by atoms with Crippen LogP contribution in [0.2, 0.25) is 0 Å². The Balaban J connectivity index is 1.77. The van der Waals surface area contributed by atoms with Gasteiger partial charge >= 0.3 is 6.03 Å². The Labute approximate surface area is 198 Å². The van der Waals surface area contributed by atoms with E-state index < -0.39 is 0 Å². The molecule has 1 aromatic heterocycles. The van der Waals surface area contributed by atoms with Crippen molar-refractivity contribution in [3.05, 3.63) is 87.4 Å². The van der Waals surface area contributed by atoms with Crippen molar-refractivity contribution in [3.63, 3.8) is 0 Å². The number of aryl methyl sites for hydroxylation is 2. The van der Waals surface area contributed by atoms with Gasteiger partial charge in [0.2, 0.25) is 5.91 Å². The van der Waals surface area contributed by atoms with Crippen LogP contribution in [0.25, 0.3) is 0 Å². The third kappa shape index (κ3) is 6.89. The summed E-state index contributed by atoms with van der Waals surface area (Å²) in [6.45, 7) is 8.46. The molecule has 0 radical (unpaired) electrons. The summed E-state index contributed by atoms with van der Waals surface area (Å²) < 4.78 is 13.4. The molecule has 0 fully saturated rings. The van der Waals surface area contributed by atoms with Crippen LogP contribution in [-0.4, -0.2) is 34.3 Å². The largest absolute Gasteiger partial charge is 0.332 e. The molecule has 5 nitrogen and oxygen atoms in total. The number of halogens is 1. The van der Waals surface area contributed by atoms with Crippen LogP contribution in [0.15, 0.2) is 60.0 Å². The fourth-order valence-corrected chi connectivity index (χ4v) is 4.36. The van der Waals surface area contributed by atoms with E-state index in [1.54, 1.807) is 28.4 Å². The van der Waals surface area contributed by atoms with E-state index in [0.29, 0.717) is 18.8 Å². The number of nitrogens with one attached hydrogen (secondary N) is 1. The summed E-state index contributed by atoms with van der Waals surface area (Å²) in [5, 5.41) is 4.90. The Morgan fingerprint density at radius 2 is 1.76 bits per heavy atom. The first kappa shape index (κ1) is 24.5. The van der Waals surface area contributed by atoms with Crippen molar-refractivity contribution in [2.75, 3.05) is 11.9 Å². The van der Waals surface area contributed by atoms with Crippen LogP contribution in [-0.2, 0) is 17.9 Å². The van der Waals surface area contributed by atoms with Crippen LogP contribution in [0.1, 0.15) is 35.4 Å². The lowest BCUT2D eigenvalue weighted by atomic mass is 10.2. The number of amides is 3. The van der Waals surface area contributed by atoms with Gasteiger partial charge in [0.1, 0.15) is 12.4 Å². The van der Waals surface area contributed by atoms with Crippen LogP contribution in [0.5, 0.6) is 0 Å². The molecule has 0 spiro atoms. The highest BCUT2D eigenvalue weighted by Crippen LogP contribution is 2.20. The Hall–Kier alpha value is -3.19. The van der Waals surface area contributed by atoms with Gasteiger partial charge in [-0.25, -0.2) is 9.18 Å². The third-order valence-corrected chi connectivity index (χ3v) is 6.41. The van der Waals surface area contributed by atoms with Crippen molar-refractivity contribution in [3.8, 4) is 0 Å². The first-order valence-electron chi connectivity index (χ1n) is 10.9. The first-order valence-corrected chi connectivity index (χ1v) is 11.8. The zero-order valence-corrected chi connectivity index (χ0v) is 20.3. The van der Waals surface area contributed by atoms with E-state index >= 15 is 0 Å². The van der Waals surface area contributed by atoms with Gasteiger partial charge in [-0.2, -0.15) is 0 Å². The molecule has 0 bridgehead atoms. The van der Waals surface area contributed by atoms with E-state index in [4.69, 9.17) is 0 Å². The Kier molecular flexibility index (Phi) is 8.22. The molecule has 0 aliphatic heterocycles. The maximum Gasteiger partial charge on any atom is 0.322 e. The molecular weight excluding hydrogens is 437 g/mol. The average molecular weight is 468 g/mol. The number of rotatable bonds is 8. The fraction of sp³-hybridized carbons (Fsp3) is 0.308. The van der Waals surface area contributed by atoms with Gasteiger partial charge in [-0.05, 0) is 80.1 Å². The molecule has 1 N–H and O–H groups in total.